The molecule has 1 heterocycles. The van der Waals surface area contributed by atoms with Gasteiger partial charge in [-0.3, -0.25) is 10.1 Å². The molecule has 1 amide bonds. The molecule has 6 heteroatoms. The van der Waals surface area contributed by atoms with Crippen molar-refractivity contribution in [3.63, 3.8) is 0 Å². The van der Waals surface area contributed by atoms with Crippen molar-refractivity contribution < 1.29 is 19.1 Å². The summed E-state index contributed by atoms with van der Waals surface area (Å²) in [6.45, 7) is 9.90. The zero-order chi connectivity index (χ0) is 24.8. The van der Waals surface area contributed by atoms with Crippen molar-refractivity contribution in [3.05, 3.63) is 59.7 Å². The zero-order valence-corrected chi connectivity index (χ0v) is 21.1. The fraction of sp³-hybridized carbons (Fsp3) is 0.500. The lowest BCUT2D eigenvalue weighted by Crippen LogP contribution is -2.37. The van der Waals surface area contributed by atoms with E-state index in [1.165, 1.54) is 18.4 Å². The maximum Gasteiger partial charge on any atom is 0.417 e. The summed E-state index contributed by atoms with van der Waals surface area (Å²) in [6, 6.07) is 15.0. The number of likely N-dealkylation sites (tertiary alicyclic amines) is 1. The number of carbonyl (C=O) groups excluding carboxylic acids is 2. The van der Waals surface area contributed by atoms with Gasteiger partial charge in [-0.1, -0.05) is 37.6 Å². The molecule has 0 radical (unpaired) electrons. The minimum absolute atomic E-state index is 0.0745. The van der Waals surface area contributed by atoms with E-state index in [1.807, 2.05) is 39.0 Å². The molecule has 1 unspecified atom stereocenters. The van der Waals surface area contributed by atoms with Gasteiger partial charge in [-0.2, -0.15) is 0 Å². The van der Waals surface area contributed by atoms with Gasteiger partial charge in [0.05, 0.1) is 6.42 Å². The van der Waals surface area contributed by atoms with Crippen molar-refractivity contribution in [1.82, 2.24) is 4.90 Å². The van der Waals surface area contributed by atoms with Crippen molar-refractivity contribution in [2.75, 3.05) is 25.5 Å². The summed E-state index contributed by atoms with van der Waals surface area (Å²) < 4.78 is 11.0. The fourth-order valence-electron chi connectivity index (χ4n) is 4.64. The Kier molecular flexibility index (Phi) is 8.37. The van der Waals surface area contributed by atoms with Crippen LogP contribution in [-0.4, -0.2) is 42.7 Å². The highest BCUT2D eigenvalue weighted by molar-refractivity contribution is 5.86. The molecule has 1 atom stereocenters. The molecule has 1 aliphatic rings. The second-order valence-corrected chi connectivity index (χ2v) is 10.3. The SMILES string of the molecule is CCC1(c2cccc(OC(=O)Nc3ccc(CC(=O)OC(C)(C)C)cc3)c2)CCCCN(C)C1. The molecule has 34 heavy (non-hydrogen) atoms. The lowest BCUT2D eigenvalue weighted by molar-refractivity contribution is -0.153. The minimum Gasteiger partial charge on any atom is -0.460 e. The number of hydrogen-bond donors (Lipinski definition) is 1. The Bertz CT molecular complexity index is 981. The summed E-state index contributed by atoms with van der Waals surface area (Å²) >= 11 is 0. The van der Waals surface area contributed by atoms with Crippen molar-refractivity contribution >= 4 is 17.7 Å². The maximum atomic E-state index is 12.5. The number of hydrogen-bond acceptors (Lipinski definition) is 5. The Balaban J connectivity index is 1.61. The molecule has 0 bridgehead atoms. The first-order valence-corrected chi connectivity index (χ1v) is 12.2. The Morgan fingerprint density at radius 1 is 1.09 bits per heavy atom. The van der Waals surface area contributed by atoms with Gasteiger partial charge in [-0.15, -0.1) is 0 Å². The average molecular weight is 467 g/mol. The van der Waals surface area contributed by atoms with Crippen molar-refractivity contribution in [3.8, 4) is 5.75 Å². The maximum absolute atomic E-state index is 12.5. The van der Waals surface area contributed by atoms with E-state index in [2.05, 4.69) is 30.3 Å². The van der Waals surface area contributed by atoms with Crippen LogP contribution in [0.4, 0.5) is 10.5 Å². The van der Waals surface area contributed by atoms with Crippen molar-refractivity contribution in [1.29, 1.82) is 0 Å². The van der Waals surface area contributed by atoms with Crippen LogP contribution < -0.4 is 10.1 Å². The smallest absolute Gasteiger partial charge is 0.417 e. The standard InChI is InChI=1S/C28H38N2O4/c1-6-28(16-7-8-17-30(5)20-28)22-10-9-11-24(19-22)33-26(32)29-23-14-12-21(13-15-23)18-25(31)34-27(2,3)4/h9-15,19H,6-8,16-18,20H2,1-5H3,(H,29,32). The molecular formula is C28H38N2O4. The lowest BCUT2D eigenvalue weighted by Gasteiger charge is -2.35. The van der Waals surface area contributed by atoms with Gasteiger partial charge in [-0.05, 0) is 89.0 Å². The van der Waals surface area contributed by atoms with Crippen LogP contribution in [0, 0.1) is 0 Å². The predicted molar refractivity (Wildman–Crippen MR) is 135 cm³/mol. The number of anilines is 1. The van der Waals surface area contributed by atoms with Crippen molar-refractivity contribution in [2.24, 2.45) is 0 Å². The van der Waals surface area contributed by atoms with Crippen LogP contribution in [0.15, 0.2) is 48.5 Å². The number of nitrogens with one attached hydrogen (secondary N) is 1. The topological polar surface area (TPSA) is 67.9 Å². The van der Waals surface area contributed by atoms with E-state index in [0.29, 0.717) is 11.4 Å². The molecule has 0 aliphatic carbocycles. The molecule has 2 aromatic carbocycles. The third kappa shape index (κ3) is 7.32. The number of esters is 1. The molecular weight excluding hydrogens is 428 g/mol. The summed E-state index contributed by atoms with van der Waals surface area (Å²) in [5.74, 6) is 0.258. The highest BCUT2D eigenvalue weighted by atomic mass is 16.6. The number of rotatable bonds is 6. The van der Waals surface area contributed by atoms with Gasteiger partial charge in [0.25, 0.3) is 0 Å². The lowest BCUT2D eigenvalue weighted by atomic mass is 9.74. The second-order valence-electron chi connectivity index (χ2n) is 10.3. The number of benzene rings is 2. The number of amides is 1. The number of ether oxygens (including phenoxy) is 2. The number of likely N-dealkylation sites (N-methyl/N-ethyl adjacent to an activating group) is 1. The third-order valence-electron chi connectivity index (χ3n) is 6.32. The number of nitrogens with zero attached hydrogens (tertiary/aromatic N) is 1. The van der Waals surface area contributed by atoms with E-state index in [-0.39, 0.29) is 17.8 Å². The van der Waals surface area contributed by atoms with Crippen LogP contribution in [0.2, 0.25) is 0 Å². The van der Waals surface area contributed by atoms with E-state index in [4.69, 9.17) is 9.47 Å². The minimum atomic E-state index is -0.541. The molecule has 6 nitrogen and oxygen atoms in total. The van der Waals surface area contributed by atoms with Crippen LogP contribution in [0.3, 0.4) is 0 Å². The summed E-state index contributed by atoms with van der Waals surface area (Å²) in [4.78, 5) is 26.9. The average Bonchev–Trinajstić information content (AvgIpc) is 2.96. The summed E-state index contributed by atoms with van der Waals surface area (Å²) in [7, 11) is 2.18. The molecule has 0 spiro atoms. The highest BCUT2D eigenvalue weighted by Crippen LogP contribution is 2.37. The molecule has 2 aromatic rings. The third-order valence-corrected chi connectivity index (χ3v) is 6.32. The van der Waals surface area contributed by atoms with E-state index < -0.39 is 11.7 Å². The molecule has 1 saturated heterocycles. The summed E-state index contributed by atoms with van der Waals surface area (Å²) in [6.07, 6.45) is 4.24. The predicted octanol–water partition coefficient (Wildman–Crippen LogP) is 5.95. The first-order chi connectivity index (χ1) is 16.1. The van der Waals surface area contributed by atoms with Gasteiger partial charge in [0.1, 0.15) is 11.4 Å². The Morgan fingerprint density at radius 2 is 1.82 bits per heavy atom. The molecule has 184 valence electrons. The highest BCUT2D eigenvalue weighted by Gasteiger charge is 2.33. The first-order valence-electron chi connectivity index (χ1n) is 12.2. The summed E-state index contributed by atoms with van der Waals surface area (Å²) in [5.41, 5.74) is 2.21. The molecule has 1 aliphatic heterocycles. The van der Waals surface area contributed by atoms with Crippen LogP contribution in [-0.2, 0) is 21.4 Å². The molecule has 0 aromatic heterocycles. The Hall–Kier alpha value is -2.86. The Labute approximate surface area is 203 Å². The zero-order valence-electron chi connectivity index (χ0n) is 21.1. The van der Waals surface area contributed by atoms with Gasteiger partial charge < -0.3 is 14.4 Å². The fourth-order valence-corrected chi connectivity index (χ4v) is 4.64. The van der Waals surface area contributed by atoms with E-state index in [0.717, 1.165) is 31.5 Å². The normalized spacial score (nSPS) is 19.2. The largest absolute Gasteiger partial charge is 0.460 e. The van der Waals surface area contributed by atoms with E-state index in [1.54, 1.807) is 24.3 Å². The Morgan fingerprint density at radius 3 is 2.50 bits per heavy atom. The second kappa shape index (κ2) is 11.0. The van der Waals surface area contributed by atoms with Gasteiger partial charge in [0.15, 0.2) is 0 Å². The van der Waals surface area contributed by atoms with Gasteiger partial charge in [0, 0.05) is 17.6 Å². The van der Waals surface area contributed by atoms with Gasteiger partial charge in [-0.25, -0.2) is 4.79 Å². The molecule has 3 rings (SSSR count). The monoisotopic (exact) mass is 466 g/mol. The number of carbonyl (C=O) groups is 2. The first kappa shape index (κ1) is 25.8. The van der Waals surface area contributed by atoms with Gasteiger partial charge in [0.2, 0.25) is 0 Å². The molecule has 1 fully saturated rings. The molecule has 0 saturated carbocycles. The van der Waals surface area contributed by atoms with Crippen LogP contribution in [0.25, 0.3) is 0 Å². The van der Waals surface area contributed by atoms with Crippen LogP contribution in [0.5, 0.6) is 5.75 Å². The van der Waals surface area contributed by atoms with E-state index >= 15 is 0 Å². The van der Waals surface area contributed by atoms with Crippen molar-refractivity contribution in [2.45, 2.75) is 70.8 Å². The molecule has 1 N–H and O–H groups in total. The quantitative estimate of drug-likeness (QED) is 0.533. The van der Waals surface area contributed by atoms with Crippen LogP contribution >= 0.6 is 0 Å². The van der Waals surface area contributed by atoms with Crippen LogP contribution in [0.1, 0.15) is 64.5 Å². The van der Waals surface area contributed by atoms with E-state index in [9.17, 15) is 9.59 Å². The van der Waals surface area contributed by atoms with Gasteiger partial charge >= 0.3 is 12.1 Å². The summed E-state index contributed by atoms with van der Waals surface area (Å²) in [5, 5.41) is 2.76.